The molecule has 1 aliphatic rings. The van der Waals surface area contributed by atoms with Crippen LogP contribution in [0.1, 0.15) is 15.9 Å². The fourth-order valence-corrected chi connectivity index (χ4v) is 2.27. The molecule has 3 rings (SSSR count). The van der Waals surface area contributed by atoms with E-state index in [0.29, 0.717) is 17.2 Å². The zero-order valence-electron chi connectivity index (χ0n) is 10.3. The van der Waals surface area contributed by atoms with E-state index in [1.165, 1.54) is 0 Å². The monoisotopic (exact) mass is 273 g/mol. The number of fused-ring (bicyclic) bond motifs is 1. The van der Waals surface area contributed by atoms with Crippen molar-refractivity contribution >= 4 is 17.5 Å². The van der Waals surface area contributed by atoms with Crippen LogP contribution in [-0.4, -0.2) is 11.8 Å². The summed E-state index contributed by atoms with van der Waals surface area (Å²) >= 11 is 0. The first-order valence-corrected chi connectivity index (χ1v) is 5.98. The maximum absolute atomic E-state index is 13.8. The van der Waals surface area contributed by atoms with Crippen LogP contribution in [0.4, 0.5) is 14.5 Å². The van der Waals surface area contributed by atoms with E-state index in [-0.39, 0.29) is 12.1 Å². The summed E-state index contributed by atoms with van der Waals surface area (Å²) in [5.41, 5.74) is 0.744. The minimum absolute atomic E-state index is 0.0126. The number of rotatable bonds is 1. The highest BCUT2D eigenvalue weighted by atomic mass is 19.1. The molecule has 0 aliphatic carbocycles. The third-order valence-corrected chi connectivity index (χ3v) is 3.19. The van der Waals surface area contributed by atoms with Gasteiger partial charge in [-0.05, 0) is 23.8 Å². The van der Waals surface area contributed by atoms with Crippen molar-refractivity contribution in [2.45, 2.75) is 6.42 Å². The molecule has 0 bridgehead atoms. The molecule has 0 aromatic heterocycles. The first kappa shape index (κ1) is 12.5. The number of benzene rings is 2. The fourth-order valence-electron chi connectivity index (χ4n) is 2.27. The van der Waals surface area contributed by atoms with Gasteiger partial charge in [0.2, 0.25) is 5.91 Å². The van der Waals surface area contributed by atoms with E-state index in [2.05, 4.69) is 0 Å². The van der Waals surface area contributed by atoms with Gasteiger partial charge in [-0.25, -0.2) is 13.7 Å². The Bertz CT molecular complexity index is 728. The molecule has 100 valence electrons. The van der Waals surface area contributed by atoms with E-state index < -0.39 is 23.4 Å². The van der Waals surface area contributed by atoms with E-state index in [4.69, 9.17) is 0 Å². The summed E-state index contributed by atoms with van der Waals surface area (Å²) in [5.74, 6) is -2.82. The standard InChI is InChI=1S/C15H9F2NO2/c16-10-5-6-13(12(17)8-10)18-14(19)7-9-3-1-2-4-11(9)15(18)20/h1-6,8H,7H2. The van der Waals surface area contributed by atoms with Crippen molar-refractivity contribution < 1.29 is 18.4 Å². The van der Waals surface area contributed by atoms with Gasteiger partial charge in [-0.2, -0.15) is 0 Å². The molecular formula is C15H9F2NO2. The van der Waals surface area contributed by atoms with Crippen molar-refractivity contribution in [1.29, 1.82) is 0 Å². The zero-order chi connectivity index (χ0) is 14.3. The quantitative estimate of drug-likeness (QED) is 0.749. The largest absolute Gasteiger partial charge is 0.274 e. The Kier molecular flexibility index (Phi) is 2.82. The molecule has 0 saturated carbocycles. The summed E-state index contributed by atoms with van der Waals surface area (Å²) in [6.07, 6.45) is 0.0126. The summed E-state index contributed by atoms with van der Waals surface area (Å²) in [6, 6.07) is 9.42. The molecule has 2 aromatic carbocycles. The van der Waals surface area contributed by atoms with E-state index in [0.717, 1.165) is 17.0 Å². The van der Waals surface area contributed by atoms with Gasteiger partial charge in [0, 0.05) is 11.6 Å². The molecule has 2 amide bonds. The molecule has 1 aliphatic heterocycles. The molecule has 3 nitrogen and oxygen atoms in total. The number of nitrogens with zero attached hydrogens (tertiary/aromatic N) is 1. The Hall–Kier alpha value is -2.56. The third-order valence-electron chi connectivity index (χ3n) is 3.19. The molecule has 2 aromatic rings. The number of hydrogen-bond donors (Lipinski definition) is 0. The Balaban J connectivity index is 2.11. The van der Waals surface area contributed by atoms with Crippen molar-refractivity contribution in [2.75, 3.05) is 4.90 Å². The van der Waals surface area contributed by atoms with Crippen LogP contribution in [0.3, 0.4) is 0 Å². The smallest absolute Gasteiger partial charge is 0.265 e. The molecule has 0 saturated heterocycles. The molecule has 0 spiro atoms. The molecule has 20 heavy (non-hydrogen) atoms. The number of amides is 2. The zero-order valence-corrected chi connectivity index (χ0v) is 10.3. The van der Waals surface area contributed by atoms with Crippen LogP contribution < -0.4 is 4.90 Å². The highest BCUT2D eigenvalue weighted by Crippen LogP contribution is 2.27. The molecule has 0 atom stereocenters. The van der Waals surface area contributed by atoms with E-state index in [9.17, 15) is 18.4 Å². The Labute approximate surface area is 113 Å². The first-order chi connectivity index (χ1) is 9.58. The van der Waals surface area contributed by atoms with E-state index in [1.54, 1.807) is 24.3 Å². The van der Waals surface area contributed by atoms with Crippen LogP contribution >= 0.6 is 0 Å². The highest BCUT2D eigenvalue weighted by Gasteiger charge is 2.33. The fraction of sp³-hybridized carbons (Fsp3) is 0.0667. The van der Waals surface area contributed by atoms with Crippen LogP contribution in [0.15, 0.2) is 42.5 Å². The van der Waals surface area contributed by atoms with Crippen LogP contribution in [0.25, 0.3) is 0 Å². The van der Waals surface area contributed by atoms with Gasteiger partial charge in [0.05, 0.1) is 12.1 Å². The van der Waals surface area contributed by atoms with E-state index in [1.807, 2.05) is 0 Å². The van der Waals surface area contributed by atoms with Gasteiger partial charge in [-0.3, -0.25) is 9.59 Å². The molecule has 1 heterocycles. The minimum Gasteiger partial charge on any atom is -0.274 e. The van der Waals surface area contributed by atoms with Gasteiger partial charge in [0.1, 0.15) is 11.6 Å². The maximum Gasteiger partial charge on any atom is 0.265 e. The number of carbonyl (C=O) groups is 2. The lowest BCUT2D eigenvalue weighted by Crippen LogP contribution is -2.42. The predicted octanol–water partition coefficient (Wildman–Crippen LogP) is 2.69. The van der Waals surface area contributed by atoms with Gasteiger partial charge in [-0.15, -0.1) is 0 Å². The number of carbonyl (C=O) groups excluding carboxylic acids is 2. The molecule has 0 N–H and O–H groups in total. The summed E-state index contributed by atoms with van der Waals surface area (Å²) in [4.78, 5) is 25.1. The van der Waals surface area contributed by atoms with Gasteiger partial charge < -0.3 is 0 Å². The summed E-state index contributed by atoms with van der Waals surface area (Å²) in [6.45, 7) is 0. The molecular weight excluding hydrogens is 264 g/mol. The lowest BCUT2D eigenvalue weighted by Gasteiger charge is -2.27. The topological polar surface area (TPSA) is 37.4 Å². The normalized spacial score (nSPS) is 14.4. The highest BCUT2D eigenvalue weighted by molar-refractivity contribution is 6.24. The van der Waals surface area contributed by atoms with E-state index >= 15 is 0 Å². The minimum atomic E-state index is -0.939. The van der Waals surface area contributed by atoms with Crippen LogP contribution in [0, 0.1) is 11.6 Å². The predicted molar refractivity (Wildman–Crippen MR) is 68.3 cm³/mol. The van der Waals surface area contributed by atoms with Crippen molar-refractivity contribution in [3.63, 3.8) is 0 Å². The third kappa shape index (κ3) is 1.87. The second kappa shape index (κ2) is 4.52. The lowest BCUT2D eigenvalue weighted by molar-refractivity contribution is -0.117. The van der Waals surface area contributed by atoms with Crippen molar-refractivity contribution in [2.24, 2.45) is 0 Å². The number of hydrogen-bond acceptors (Lipinski definition) is 2. The second-order valence-electron chi connectivity index (χ2n) is 4.46. The average molecular weight is 273 g/mol. The SMILES string of the molecule is O=C1Cc2ccccc2C(=O)N1c1ccc(F)cc1F. The van der Waals surface area contributed by atoms with Crippen LogP contribution in [0.5, 0.6) is 0 Å². The first-order valence-electron chi connectivity index (χ1n) is 5.98. The molecule has 0 unspecified atom stereocenters. The Morgan fingerprint density at radius 3 is 2.50 bits per heavy atom. The molecule has 0 fully saturated rings. The number of anilines is 1. The second-order valence-corrected chi connectivity index (χ2v) is 4.46. The van der Waals surface area contributed by atoms with Gasteiger partial charge >= 0.3 is 0 Å². The van der Waals surface area contributed by atoms with Crippen molar-refractivity contribution in [3.8, 4) is 0 Å². The van der Waals surface area contributed by atoms with Crippen molar-refractivity contribution in [3.05, 3.63) is 65.2 Å². The number of imide groups is 1. The van der Waals surface area contributed by atoms with Gasteiger partial charge in [0.15, 0.2) is 0 Å². The molecule has 5 heteroatoms. The van der Waals surface area contributed by atoms with Gasteiger partial charge in [-0.1, -0.05) is 18.2 Å². The lowest BCUT2D eigenvalue weighted by atomic mass is 9.98. The maximum atomic E-state index is 13.8. The van der Waals surface area contributed by atoms with Gasteiger partial charge in [0.25, 0.3) is 5.91 Å². The summed E-state index contributed by atoms with van der Waals surface area (Å²) in [5, 5.41) is 0. The summed E-state index contributed by atoms with van der Waals surface area (Å²) in [7, 11) is 0. The van der Waals surface area contributed by atoms with Crippen LogP contribution in [-0.2, 0) is 11.2 Å². The van der Waals surface area contributed by atoms with Crippen molar-refractivity contribution in [1.82, 2.24) is 0 Å². The molecule has 0 radical (unpaired) electrons. The summed E-state index contributed by atoms with van der Waals surface area (Å²) < 4.78 is 26.7. The average Bonchev–Trinajstić information content (AvgIpc) is 2.41. The number of halogens is 2. The Morgan fingerprint density at radius 1 is 1.00 bits per heavy atom. The van der Waals surface area contributed by atoms with Crippen LogP contribution in [0.2, 0.25) is 0 Å². The Morgan fingerprint density at radius 2 is 1.75 bits per heavy atom.